The van der Waals surface area contributed by atoms with Crippen molar-refractivity contribution in [1.82, 2.24) is 15.1 Å². The molecule has 0 fully saturated rings. The van der Waals surface area contributed by atoms with Crippen molar-refractivity contribution in [3.8, 4) is 34.5 Å². The van der Waals surface area contributed by atoms with E-state index in [1.165, 1.54) is 19.2 Å². The van der Waals surface area contributed by atoms with E-state index in [0.29, 0.717) is 11.9 Å². The lowest BCUT2D eigenvalue weighted by Gasteiger charge is -2.05. The minimum Gasteiger partial charge on any atom is -0.507 e. The van der Waals surface area contributed by atoms with Gasteiger partial charge in [-0.1, -0.05) is 5.16 Å². The van der Waals surface area contributed by atoms with Gasteiger partial charge in [0.05, 0.1) is 18.2 Å². The van der Waals surface area contributed by atoms with Gasteiger partial charge in [0, 0.05) is 6.20 Å². The van der Waals surface area contributed by atoms with Gasteiger partial charge in [0.1, 0.15) is 17.2 Å². The van der Waals surface area contributed by atoms with Gasteiger partial charge in [-0.05, 0) is 30.3 Å². The summed E-state index contributed by atoms with van der Waals surface area (Å²) < 4.78 is 47.7. The lowest BCUT2D eigenvalue weighted by Crippen LogP contribution is -2.05. The summed E-state index contributed by atoms with van der Waals surface area (Å²) in [7, 11) is 1.46. The lowest BCUT2D eigenvalue weighted by atomic mass is 10.2. The zero-order valence-electron chi connectivity index (χ0n) is 12.2. The number of phenolic OH excluding ortho intramolecular Hbond substituents is 1. The number of benzene rings is 1. The fourth-order valence-corrected chi connectivity index (χ4v) is 1.94. The number of phenols is 1. The average molecular weight is 337 g/mol. The number of rotatable bonds is 3. The highest BCUT2D eigenvalue weighted by atomic mass is 19.4. The van der Waals surface area contributed by atoms with Crippen molar-refractivity contribution in [3.63, 3.8) is 0 Å². The molecule has 9 heteroatoms. The van der Waals surface area contributed by atoms with Crippen molar-refractivity contribution < 1.29 is 27.5 Å². The van der Waals surface area contributed by atoms with Crippen LogP contribution >= 0.6 is 0 Å². The van der Waals surface area contributed by atoms with Crippen LogP contribution in [0.25, 0.3) is 23.0 Å². The van der Waals surface area contributed by atoms with E-state index >= 15 is 0 Å². The number of aromatic hydroxyl groups is 1. The third-order valence-corrected chi connectivity index (χ3v) is 3.18. The Morgan fingerprint density at radius 3 is 2.58 bits per heavy atom. The van der Waals surface area contributed by atoms with E-state index in [1.807, 2.05) is 0 Å². The van der Waals surface area contributed by atoms with E-state index in [4.69, 9.17) is 9.26 Å². The molecule has 3 rings (SSSR count). The number of ether oxygens (including phenoxy) is 1. The molecule has 3 aromatic rings. The highest BCUT2D eigenvalue weighted by molar-refractivity contribution is 5.66. The number of aromatic nitrogens is 3. The van der Waals surface area contributed by atoms with Crippen LogP contribution in [0.2, 0.25) is 0 Å². The standard InChI is InChI=1S/C15H10F3N3O3/c1-23-9-3-5-12(22)10(6-9)14-20-13(21-24-14)11-4-2-8(7-19-11)15(16,17)18/h2-7,22H,1H3. The van der Waals surface area contributed by atoms with Crippen molar-refractivity contribution in [3.05, 3.63) is 42.1 Å². The van der Waals surface area contributed by atoms with E-state index in [0.717, 1.165) is 12.1 Å². The van der Waals surface area contributed by atoms with E-state index in [1.54, 1.807) is 6.07 Å². The fraction of sp³-hybridized carbons (Fsp3) is 0.133. The number of hydrogen-bond acceptors (Lipinski definition) is 6. The zero-order chi connectivity index (χ0) is 17.3. The monoisotopic (exact) mass is 337 g/mol. The highest BCUT2D eigenvalue weighted by Gasteiger charge is 2.30. The summed E-state index contributed by atoms with van der Waals surface area (Å²) >= 11 is 0. The Bertz CT molecular complexity index is 860. The lowest BCUT2D eigenvalue weighted by molar-refractivity contribution is -0.137. The molecule has 0 aliphatic carbocycles. The molecule has 1 aromatic carbocycles. The first kappa shape index (κ1) is 15.8. The molecular formula is C15H10F3N3O3. The Hall–Kier alpha value is -3.10. The van der Waals surface area contributed by atoms with Crippen LogP contribution in [0.3, 0.4) is 0 Å². The van der Waals surface area contributed by atoms with E-state index < -0.39 is 11.7 Å². The molecule has 0 spiro atoms. The molecule has 0 radical (unpaired) electrons. The Morgan fingerprint density at radius 1 is 1.17 bits per heavy atom. The number of hydrogen-bond donors (Lipinski definition) is 1. The first-order valence-electron chi connectivity index (χ1n) is 6.63. The predicted molar refractivity (Wildman–Crippen MR) is 76.2 cm³/mol. The molecule has 0 aliphatic rings. The number of halogens is 3. The second kappa shape index (κ2) is 5.84. The van der Waals surface area contributed by atoms with Crippen LogP contribution in [0.4, 0.5) is 13.2 Å². The molecule has 2 heterocycles. The van der Waals surface area contributed by atoms with Gasteiger partial charge in [0.15, 0.2) is 0 Å². The van der Waals surface area contributed by atoms with Crippen LogP contribution in [0.5, 0.6) is 11.5 Å². The molecule has 0 atom stereocenters. The van der Waals surface area contributed by atoms with Gasteiger partial charge in [-0.15, -0.1) is 0 Å². The summed E-state index contributed by atoms with van der Waals surface area (Å²) in [6.07, 6.45) is -3.78. The normalized spacial score (nSPS) is 11.5. The number of nitrogens with zero attached hydrogens (tertiary/aromatic N) is 3. The molecule has 0 saturated heterocycles. The maximum absolute atomic E-state index is 12.5. The maximum Gasteiger partial charge on any atom is 0.417 e. The van der Waals surface area contributed by atoms with Gasteiger partial charge in [0.2, 0.25) is 5.82 Å². The molecular weight excluding hydrogens is 327 g/mol. The SMILES string of the molecule is COc1ccc(O)c(-c2nc(-c3ccc(C(F)(F)F)cn3)no2)c1. The highest BCUT2D eigenvalue weighted by Crippen LogP contribution is 2.33. The van der Waals surface area contributed by atoms with Gasteiger partial charge in [-0.2, -0.15) is 18.2 Å². The molecule has 0 bridgehead atoms. The summed E-state index contributed by atoms with van der Waals surface area (Å²) in [5.74, 6) is 0.352. The molecule has 0 saturated carbocycles. The van der Waals surface area contributed by atoms with Crippen LogP contribution in [0.1, 0.15) is 5.56 Å². The van der Waals surface area contributed by atoms with E-state index in [9.17, 15) is 18.3 Å². The summed E-state index contributed by atoms with van der Waals surface area (Å²) in [6, 6.07) is 6.46. The van der Waals surface area contributed by atoms with Crippen LogP contribution in [-0.4, -0.2) is 27.3 Å². The molecule has 0 unspecified atom stereocenters. The number of alkyl halides is 3. The van der Waals surface area contributed by atoms with Crippen molar-refractivity contribution >= 4 is 0 Å². The number of pyridine rings is 1. The van der Waals surface area contributed by atoms with Crippen molar-refractivity contribution in [2.75, 3.05) is 7.11 Å². The summed E-state index contributed by atoms with van der Waals surface area (Å²) in [5, 5.41) is 13.5. The largest absolute Gasteiger partial charge is 0.507 e. The van der Waals surface area contributed by atoms with Gasteiger partial charge in [-0.3, -0.25) is 4.98 Å². The van der Waals surface area contributed by atoms with Crippen molar-refractivity contribution in [2.45, 2.75) is 6.18 Å². The third kappa shape index (κ3) is 3.00. The van der Waals surface area contributed by atoms with E-state index in [-0.39, 0.29) is 28.7 Å². The second-order valence-corrected chi connectivity index (χ2v) is 4.74. The fourth-order valence-electron chi connectivity index (χ4n) is 1.94. The number of methoxy groups -OCH3 is 1. The van der Waals surface area contributed by atoms with Crippen molar-refractivity contribution in [2.24, 2.45) is 0 Å². The predicted octanol–water partition coefficient (Wildman–Crippen LogP) is 3.53. The summed E-state index contributed by atoms with van der Waals surface area (Å²) in [4.78, 5) is 7.73. The van der Waals surface area contributed by atoms with E-state index in [2.05, 4.69) is 15.1 Å². The van der Waals surface area contributed by atoms with Gasteiger partial charge >= 0.3 is 6.18 Å². The molecule has 24 heavy (non-hydrogen) atoms. The van der Waals surface area contributed by atoms with Crippen molar-refractivity contribution in [1.29, 1.82) is 0 Å². The third-order valence-electron chi connectivity index (χ3n) is 3.18. The molecule has 0 amide bonds. The maximum atomic E-state index is 12.5. The summed E-state index contributed by atoms with van der Waals surface area (Å²) in [5.41, 5.74) is -0.527. The van der Waals surface area contributed by atoms with Crippen LogP contribution < -0.4 is 4.74 Å². The first-order valence-corrected chi connectivity index (χ1v) is 6.63. The second-order valence-electron chi connectivity index (χ2n) is 4.74. The van der Waals surface area contributed by atoms with Gasteiger partial charge in [-0.25, -0.2) is 0 Å². The minimum atomic E-state index is -4.47. The topological polar surface area (TPSA) is 81.3 Å². The minimum absolute atomic E-state index is 0.000874. The van der Waals surface area contributed by atoms with Crippen LogP contribution in [0, 0.1) is 0 Å². The van der Waals surface area contributed by atoms with Crippen LogP contribution in [-0.2, 0) is 6.18 Å². The smallest absolute Gasteiger partial charge is 0.417 e. The van der Waals surface area contributed by atoms with Gasteiger partial charge in [0.25, 0.3) is 5.89 Å². The average Bonchev–Trinajstić information content (AvgIpc) is 3.04. The van der Waals surface area contributed by atoms with Crippen LogP contribution in [0.15, 0.2) is 41.1 Å². The quantitative estimate of drug-likeness (QED) is 0.787. The molecule has 1 N–H and O–H groups in total. The Kier molecular flexibility index (Phi) is 3.84. The molecule has 0 aliphatic heterocycles. The molecule has 124 valence electrons. The zero-order valence-corrected chi connectivity index (χ0v) is 12.2. The Balaban J connectivity index is 1.94. The molecule has 6 nitrogen and oxygen atoms in total. The van der Waals surface area contributed by atoms with Gasteiger partial charge < -0.3 is 14.4 Å². The first-order chi connectivity index (χ1) is 11.4. The Labute approximate surface area is 133 Å². The summed E-state index contributed by atoms with van der Waals surface area (Å²) in [6.45, 7) is 0. The Morgan fingerprint density at radius 2 is 1.96 bits per heavy atom. The molecule has 2 aromatic heterocycles.